The van der Waals surface area contributed by atoms with Crippen LogP contribution < -0.4 is 0 Å². The quantitative estimate of drug-likeness (QED) is 0.463. The van der Waals surface area contributed by atoms with Gasteiger partial charge < -0.3 is 0 Å². The molecule has 0 spiro atoms. The maximum absolute atomic E-state index is 10.5. The molecule has 0 heterocycles. The molecule has 1 atom stereocenters. The molecule has 3 heteroatoms. The molecule has 0 saturated heterocycles. The molecule has 0 fully saturated rings. The summed E-state index contributed by atoms with van der Waals surface area (Å²) in [6.07, 6.45) is 2.26. The Labute approximate surface area is 66.5 Å². The van der Waals surface area contributed by atoms with Crippen molar-refractivity contribution in [2.24, 2.45) is 11.1 Å². The van der Waals surface area contributed by atoms with Gasteiger partial charge in [-0.2, -0.15) is 0 Å². The van der Waals surface area contributed by atoms with Gasteiger partial charge in [-0.3, -0.25) is 4.79 Å². The molecule has 3 nitrogen and oxygen atoms in total. The second kappa shape index (κ2) is 4.77. The van der Waals surface area contributed by atoms with Crippen LogP contribution in [0.1, 0.15) is 27.2 Å². The molecule has 0 saturated carbocycles. The lowest BCUT2D eigenvalue weighted by Gasteiger charge is -2.06. The van der Waals surface area contributed by atoms with Gasteiger partial charge in [0.1, 0.15) is 0 Å². The van der Waals surface area contributed by atoms with Crippen LogP contribution in [0.15, 0.2) is 16.8 Å². The van der Waals surface area contributed by atoms with E-state index in [1.54, 1.807) is 0 Å². The van der Waals surface area contributed by atoms with E-state index in [4.69, 9.17) is 0 Å². The van der Waals surface area contributed by atoms with Gasteiger partial charge in [0, 0.05) is 11.3 Å². The number of nitrogens with zero attached hydrogens (tertiary/aromatic N) is 1. The Morgan fingerprint density at radius 2 is 2.18 bits per heavy atom. The number of rotatable bonds is 3. The molecule has 0 bridgehead atoms. The van der Waals surface area contributed by atoms with Gasteiger partial charge in [0.15, 0.2) is 0 Å². The van der Waals surface area contributed by atoms with Crippen LogP contribution in [-0.4, -0.2) is 5.91 Å². The minimum absolute atomic E-state index is 0.348. The average molecular weight is 155 g/mol. The van der Waals surface area contributed by atoms with Gasteiger partial charge in [0.05, 0.1) is 0 Å². The van der Waals surface area contributed by atoms with Crippen LogP contribution in [0.2, 0.25) is 0 Å². The molecular weight excluding hydrogens is 142 g/mol. The summed E-state index contributed by atoms with van der Waals surface area (Å²) in [4.78, 5) is 20.2. The highest BCUT2D eigenvalue weighted by atomic mass is 16.3. The van der Waals surface area contributed by atoms with Crippen molar-refractivity contribution in [3.8, 4) is 0 Å². The maximum Gasteiger partial charge on any atom is 0.309 e. The third-order valence-corrected chi connectivity index (χ3v) is 1.83. The van der Waals surface area contributed by atoms with Crippen LogP contribution in [-0.2, 0) is 4.79 Å². The number of carbonyl (C=O) groups is 1. The first kappa shape index (κ1) is 10.0. The number of hydrogen-bond donors (Lipinski definition) is 0. The summed E-state index contributed by atoms with van der Waals surface area (Å²) in [5.74, 6) is -0.344. The summed E-state index contributed by atoms with van der Waals surface area (Å²) >= 11 is 0. The molecular formula is C8H13NO2. The zero-order chi connectivity index (χ0) is 8.85. The van der Waals surface area contributed by atoms with Crippen molar-refractivity contribution in [1.82, 2.24) is 0 Å². The number of amides is 1. The third-order valence-electron chi connectivity index (χ3n) is 1.83. The smallest absolute Gasteiger partial charge is 0.264 e. The molecule has 0 radical (unpaired) electrons. The monoisotopic (exact) mass is 155 g/mol. The highest BCUT2D eigenvalue weighted by molar-refractivity contribution is 5.88. The van der Waals surface area contributed by atoms with Crippen molar-refractivity contribution in [3.63, 3.8) is 0 Å². The minimum atomic E-state index is -0.692. The maximum atomic E-state index is 10.5. The normalized spacial score (nSPS) is 14.3. The van der Waals surface area contributed by atoms with Gasteiger partial charge in [-0.15, -0.1) is 4.91 Å². The Bertz CT molecular complexity index is 185. The topological polar surface area (TPSA) is 46.5 Å². The lowest BCUT2D eigenvalue weighted by atomic mass is 10.00. The van der Waals surface area contributed by atoms with E-state index >= 15 is 0 Å². The van der Waals surface area contributed by atoms with Crippen LogP contribution in [0, 0.1) is 10.8 Å². The van der Waals surface area contributed by atoms with Gasteiger partial charge in [0.2, 0.25) is 0 Å². The average Bonchev–Trinajstić information content (AvgIpc) is 2.02. The van der Waals surface area contributed by atoms with E-state index in [2.05, 4.69) is 5.18 Å². The van der Waals surface area contributed by atoms with Gasteiger partial charge in [-0.1, -0.05) is 19.4 Å². The second-order valence-electron chi connectivity index (χ2n) is 2.63. The van der Waals surface area contributed by atoms with E-state index < -0.39 is 5.91 Å². The summed E-state index contributed by atoms with van der Waals surface area (Å²) in [6.45, 7) is 5.86. The zero-order valence-electron chi connectivity index (χ0n) is 7.13. The van der Waals surface area contributed by atoms with Crippen molar-refractivity contribution in [1.29, 1.82) is 0 Å². The molecule has 0 rings (SSSR count). The summed E-state index contributed by atoms with van der Waals surface area (Å²) in [6, 6.07) is 0. The lowest BCUT2D eigenvalue weighted by Crippen LogP contribution is -1.96. The predicted octanol–water partition coefficient (Wildman–Crippen LogP) is 2.27. The van der Waals surface area contributed by atoms with E-state index in [1.165, 1.54) is 6.08 Å². The van der Waals surface area contributed by atoms with Gasteiger partial charge in [0.25, 0.3) is 0 Å². The summed E-state index contributed by atoms with van der Waals surface area (Å²) < 4.78 is 0. The van der Waals surface area contributed by atoms with Gasteiger partial charge in [-0.05, 0) is 19.3 Å². The molecule has 0 aliphatic heterocycles. The van der Waals surface area contributed by atoms with Gasteiger partial charge in [-0.25, -0.2) is 0 Å². The van der Waals surface area contributed by atoms with Crippen molar-refractivity contribution in [2.45, 2.75) is 27.2 Å². The van der Waals surface area contributed by atoms with Crippen molar-refractivity contribution >= 4 is 5.91 Å². The molecule has 0 aliphatic rings. The van der Waals surface area contributed by atoms with Crippen LogP contribution in [0.3, 0.4) is 0 Å². The van der Waals surface area contributed by atoms with Crippen molar-refractivity contribution < 1.29 is 4.79 Å². The molecule has 0 aromatic rings. The van der Waals surface area contributed by atoms with Crippen LogP contribution in [0.25, 0.3) is 0 Å². The summed E-state index contributed by atoms with van der Waals surface area (Å²) in [5.41, 5.74) is 0.914. The van der Waals surface area contributed by atoms with Crippen molar-refractivity contribution in [2.75, 3.05) is 0 Å². The lowest BCUT2D eigenvalue weighted by molar-refractivity contribution is -0.113. The molecule has 0 N–H and O–H groups in total. The van der Waals surface area contributed by atoms with Crippen LogP contribution in [0.4, 0.5) is 0 Å². The SMILES string of the molecule is CCC(C)/C(C)=C/C(=O)N=O. The standard InChI is InChI=1S/C8H13NO2/c1-4-6(2)7(3)5-8(10)9-11/h5-6H,4H2,1-3H3/b7-5+. The number of allylic oxidation sites excluding steroid dienone is 1. The Morgan fingerprint density at radius 3 is 2.55 bits per heavy atom. The first-order valence-corrected chi connectivity index (χ1v) is 3.67. The fourth-order valence-electron chi connectivity index (χ4n) is 0.685. The Hall–Kier alpha value is -0.990. The summed E-state index contributed by atoms with van der Waals surface area (Å²) in [7, 11) is 0. The first-order valence-electron chi connectivity index (χ1n) is 3.67. The van der Waals surface area contributed by atoms with Crippen molar-refractivity contribution in [3.05, 3.63) is 16.6 Å². The van der Waals surface area contributed by atoms with E-state index in [0.29, 0.717) is 5.92 Å². The molecule has 0 aromatic carbocycles. The minimum Gasteiger partial charge on any atom is -0.264 e. The number of nitroso groups, excluding NO2 is 1. The molecule has 62 valence electrons. The number of carbonyl (C=O) groups excluding carboxylic acids is 1. The molecule has 0 aromatic heterocycles. The molecule has 1 unspecified atom stereocenters. The Morgan fingerprint density at radius 1 is 1.64 bits per heavy atom. The second-order valence-corrected chi connectivity index (χ2v) is 2.63. The zero-order valence-corrected chi connectivity index (χ0v) is 7.13. The van der Waals surface area contributed by atoms with E-state index in [-0.39, 0.29) is 0 Å². The summed E-state index contributed by atoms with van der Waals surface area (Å²) in [5, 5.41) is 2.28. The molecule has 11 heavy (non-hydrogen) atoms. The van der Waals surface area contributed by atoms with E-state index in [1.807, 2.05) is 20.8 Å². The Kier molecular flexibility index (Phi) is 4.34. The highest BCUT2D eigenvalue weighted by Gasteiger charge is 2.03. The number of hydrogen-bond acceptors (Lipinski definition) is 2. The van der Waals surface area contributed by atoms with Crippen LogP contribution >= 0.6 is 0 Å². The fraction of sp³-hybridized carbons (Fsp3) is 0.625. The molecule has 1 amide bonds. The fourth-order valence-corrected chi connectivity index (χ4v) is 0.685. The third kappa shape index (κ3) is 3.65. The van der Waals surface area contributed by atoms with Crippen LogP contribution in [0.5, 0.6) is 0 Å². The first-order chi connectivity index (χ1) is 5.11. The molecule has 0 aliphatic carbocycles. The largest absolute Gasteiger partial charge is 0.309 e. The van der Waals surface area contributed by atoms with E-state index in [9.17, 15) is 9.70 Å². The van der Waals surface area contributed by atoms with Gasteiger partial charge >= 0.3 is 5.91 Å². The Balaban J connectivity index is 4.20. The predicted molar refractivity (Wildman–Crippen MR) is 44.0 cm³/mol. The highest BCUT2D eigenvalue weighted by Crippen LogP contribution is 2.12. The van der Waals surface area contributed by atoms with E-state index in [0.717, 1.165) is 12.0 Å².